The Bertz CT molecular complexity index is 888. The Balaban J connectivity index is 0.00000243. The Morgan fingerprint density at radius 3 is 1.96 bits per heavy atom. The quantitative estimate of drug-likeness (QED) is 0.507. The Morgan fingerprint density at radius 2 is 1.35 bits per heavy atom. The predicted molar refractivity (Wildman–Crippen MR) is 99.7 cm³/mol. The Labute approximate surface area is 176 Å². The van der Waals surface area contributed by atoms with Crippen LogP contribution < -0.4 is 34.7 Å². The molecule has 0 heterocycles. The number of carboxylic acids is 1. The van der Waals surface area contributed by atoms with Crippen LogP contribution in [0.3, 0.4) is 0 Å². The molecule has 0 aromatic heterocycles. The number of hydrogen-bond donors (Lipinski definition) is 0. The summed E-state index contributed by atoms with van der Waals surface area (Å²) in [6, 6.07) is 26.7. The molecule has 3 aromatic carbocycles. The van der Waals surface area contributed by atoms with Crippen molar-refractivity contribution in [2.24, 2.45) is 0 Å². The van der Waals surface area contributed by atoms with E-state index >= 15 is 0 Å². The second-order valence-electron chi connectivity index (χ2n) is 6.11. The molecule has 0 saturated carbocycles. The van der Waals surface area contributed by atoms with Crippen LogP contribution in [0.2, 0.25) is 0 Å². The SMILES string of the molecule is CC(C(=O)[O-])(c1ccccc1)c1ccccc1/C=C/c1ccccc1.[Na+]. The Morgan fingerprint density at radius 1 is 0.808 bits per heavy atom. The van der Waals surface area contributed by atoms with Gasteiger partial charge in [-0.05, 0) is 29.2 Å². The maximum absolute atomic E-state index is 12.1. The van der Waals surface area contributed by atoms with E-state index in [4.69, 9.17) is 0 Å². The molecule has 3 rings (SSSR count). The number of aliphatic carboxylic acids is 1. The molecule has 0 bridgehead atoms. The molecule has 0 aliphatic carbocycles. The first-order valence-corrected chi connectivity index (χ1v) is 8.22. The summed E-state index contributed by atoms with van der Waals surface area (Å²) in [5, 5.41) is 12.1. The van der Waals surface area contributed by atoms with Crippen LogP contribution in [0.1, 0.15) is 29.2 Å². The first-order chi connectivity index (χ1) is 12.1. The van der Waals surface area contributed by atoms with E-state index in [1.807, 2.05) is 97.1 Å². The van der Waals surface area contributed by atoms with Crippen molar-refractivity contribution >= 4 is 18.1 Å². The van der Waals surface area contributed by atoms with Gasteiger partial charge < -0.3 is 9.90 Å². The molecule has 2 nitrogen and oxygen atoms in total. The van der Waals surface area contributed by atoms with Crippen molar-refractivity contribution in [2.45, 2.75) is 12.3 Å². The minimum absolute atomic E-state index is 0. The van der Waals surface area contributed by atoms with Crippen LogP contribution in [0, 0.1) is 0 Å². The van der Waals surface area contributed by atoms with E-state index in [9.17, 15) is 9.90 Å². The zero-order chi connectivity index (χ0) is 17.7. The molecule has 0 N–H and O–H groups in total. The average Bonchev–Trinajstić information content (AvgIpc) is 2.67. The molecule has 0 aliphatic rings. The van der Waals surface area contributed by atoms with E-state index in [2.05, 4.69) is 0 Å². The molecule has 124 valence electrons. The van der Waals surface area contributed by atoms with Gasteiger partial charge in [-0.2, -0.15) is 0 Å². The van der Waals surface area contributed by atoms with Crippen LogP contribution in [-0.4, -0.2) is 5.97 Å². The van der Waals surface area contributed by atoms with E-state index in [0.29, 0.717) is 11.1 Å². The molecule has 26 heavy (non-hydrogen) atoms. The molecule has 0 fully saturated rings. The normalized spacial score (nSPS) is 13.0. The molecular formula is C23H19NaO2. The zero-order valence-corrected chi connectivity index (χ0v) is 17.1. The van der Waals surface area contributed by atoms with Gasteiger partial charge in [0.15, 0.2) is 0 Å². The smallest absolute Gasteiger partial charge is 0.549 e. The van der Waals surface area contributed by atoms with Gasteiger partial charge in [-0.1, -0.05) is 97.1 Å². The molecule has 0 saturated heterocycles. The van der Waals surface area contributed by atoms with E-state index in [0.717, 1.165) is 11.1 Å². The van der Waals surface area contributed by atoms with Gasteiger partial charge in [0.05, 0.1) is 11.4 Å². The van der Waals surface area contributed by atoms with E-state index in [1.165, 1.54) is 0 Å². The van der Waals surface area contributed by atoms with Gasteiger partial charge in [0, 0.05) is 0 Å². The minimum Gasteiger partial charge on any atom is -0.549 e. The van der Waals surface area contributed by atoms with Gasteiger partial charge >= 0.3 is 29.6 Å². The first-order valence-electron chi connectivity index (χ1n) is 8.22. The second-order valence-corrected chi connectivity index (χ2v) is 6.11. The summed E-state index contributed by atoms with van der Waals surface area (Å²) in [5.41, 5.74) is 2.12. The molecule has 1 atom stereocenters. The van der Waals surface area contributed by atoms with Crippen LogP contribution in [0.15, 0.2) is 84.9 Å². The molecule has 0 radical (unpaired) electrons. The molecule has 0 spiro atoms. The summed E-state index contributed by atoms with van der Waals surface area (Å²) < 4.78 is 0. The fourth-order valence-electron chi connectivity index (χ4n) is 3.00. The van der Waals surface area contributed by atoms with Gasteiger partial charge in [-0.3, -0.25) is 0 Å². The van der Waals surface area contributed by atoms with Crippen molar-refractivity contribution in [3.8, 4) is 0 Å². The summed E-state index contributed by atoms with van der Waals surface area (Å²) in [7, 11) is 0. The minimum atomic E-state index is -1.22. The predicted octanol–water partition coefficient (Wildman–Crippen LogP) is 0.917. The Hall–Kier alpha value is -2.13. The number of carbonyl (C=O) groups excluding carboxylic acids is 1. The second kappa shape index (κ2) is 9.00. The van der Waals surface area contributed by atoms with Crippen molar-refractivity contribution in [1.29, 1.82) is 0 Å². The third kappa shape index (κ3) is 4.16. The number of hydrogen-bond acceptors (Lipinski definition) is 2. The van der Waals surface area contributed by atoms with Crippen LogP contribution in [0.5, 0.6) is 0 Å². The van der Waals surface area contributed by atoms with Crippen molar-refractivity contribution in [3.05, 3.63) is 107 Å². The van der Waals surface area contributed by atoms with E-state index < -0.39 is 11.4 Å². The summed E-state index contributed by atoms with van der Waals surface area (Å²) in [5.74, 6) is -1.11. The molecule has 3 heteroatoms. The van der Waals surface area contributed by atoms with Crippen molar-refractivity contribution in [2.75, 3.05) is 0 Å². The molecule has 3 aromatic rings. The first kappa shape index (κ1) is 20.2. The third-order valence-electron chi connectivity index (χ3n) is 4.51. The number of carbonyl (C=O) groups is 1. The maximum atomic E-state index is 12.1. The Kier molecular flexibility index (Phi) is 6.98. The molecule has 1 unspecified atom stereocenters. The van der Waals surface area contributed by atoms with Crippen molar-refractivity contribution < 1.29 is 39.5 Å². The van der Waals surface area contributed by atoms with Crippen molar-refractivity contribution in [1.82, 2.24) is 0 Å². The number of carboxylic acid groups (broad SMARTS) is 1. The van der Waals surface area contributed by atoms with Gasteiger partial charge in [0.25, 0.3) is 0 Å². The molecule has 0 amide bonds. The maximum Gasteiger partial charge on any atom is 1.00 e. The van der Waals surface area contributed by atoms with Gasteiger partial charge in [-0.15, -0.1) is 0 Å². The van der Waals surface area contributed by atoms with Crippen LogP contribution in [0.4, 0.5) is 0 Å². The standard InChI is InChI=1S/C23H20O2.Na/c1-23(22(24)25,20-13-6-3-7-14-20)21-15-9-8-12-19(21)17-16-18-10-4-2-5-11-18;/h2-17H,1H3,(H,24,25);/q;+1/p-1/b17-16+;. The summed E-state index contributed by atoms with van der Waals surface area (Å²) in [4.78, 5) is 12.1. The van der Waals surface area contributed by atoms with Crippen molar-refractivity contribution in [3.63, 3.8) is 0 Å². The van der Waals surface area contributed by atoms with E-state index in [-0.39, 0.29) is 29.6 Å². The average molecular weight is 350 g/mol. The molecule has 0 aliphatic heterocycles. The fraction of sp³-hybridized carbons (Fsp3) is 0.0870. The summed E-state index contributed by atoms with van der Waals surface area (Å²) in [6.45, 7) is 1.70. The molecular weight excluding hydrogens is 331 g/mol. The topological polar surface area (TPSA) is 40.1 Å². The largest absolute Gasteiger partial charge is 1.00 e. The summed E-state index contributed by atoms with van der Waals surface area (Å²) >= 11 is 0. The van der Waals surface area contributed by atoms with Gasteiger partial charge in [0.2, 0.25) is 0 Å². The third-order valence-corrected chi connectivity index (χ3v) is 4.51. The fourth-order valence-corrected chi connectivity index (χ4v) is 3.00. The van der Waals surface area contributed by atoms with Crippen LogP contribution >= 0.6 is 0 Å². The van der Waals surface area contributed by atoms with Gasteiger partial charge in [-0.25, -0.2) is 0 Å². The van der Waals surface area contributed by atoms with E-state index in [1.54, 1.807) is 6.92 Å². The summed E-state index contributed by atoms with van der Waals surface area (Å²) in [6.07, 6.45) is 3.94. The van der Waals surface area contributed by atoms with Crippen LogP contribution in [0.25, 0.3) is 12.2 Å². The monoisotopic (exact) mass is 350 g/mol. The zero-order valence-electron chi connectivity index (χ0n) is 15.1. The number of benzene rings is 3. The van der Waals surface area contributed by atoms with Gasteiger partial charge in [0.1, 0.15) is 0 Å². The number of rotatable bonds is 5. The van der Waals surface area contributed by atoms with Crippen LogP contribution in [-0.2, 0) is 10.2 Å².